The number of fused-ring (bicyclic) bond motifs is 3. The number of hydrogen-bond donors (Lipinski definition) is 6. The Bertz CT molecular complexity index is 628. The summed E-state index contributed by atoms with van der Waals surface area (Å²) < 4.78 is 5.11. The molecule has 1 aromatic carbocycles. The van der Waals surface area contributed by atoms with Crippen LogP contribution in [-0.4, -0.2) is 61.5 Å². The molecule has 0 radical (unpaired) electrons. The first-order valence-electron chi connectivity index (χ1n) is 6.82. The third-order valence-corrected chi connectivity index (χ3v) is 4.48. The van der Waals surface area contributed by atoms with Crippen LogP contribution in [0.2, 0.25) is 0 Å². The van der Waals surface area contributed by atoms with E-state index in [9.17, 15) is 35.4 Å². The number of aliphatic hydroxyl groups is 3. The van der Waals surface area contributed by atoms with Crippen molar-refractivity contribution in [2.75, 3.05) is 6.61 Å². The summed E-state index contributed by atoms with van der Waals surface area (Å²) in [7, 11) is 0. The van der Waals surface area contributed by atoms with E-state index in [0.29, 0.717) is 0 Å². The smallest absolute Gasteiger partial charge is 0.339 e. The van der Waals surface area contributed by atoms with Gasteiger partial charge in [-0.2, -0.15) is 0 Å². The second-order valence-electron chi connectivity index (χ2n) is 5.69. The molecule has 0 aromatic heterocycles. The van der Waals surface area contributed by atoms with E-state index < -0.39 is 60.0 Å². The van der Waals surface area contributed by atoms with Crippen LogP contribution in [0.25, 0.3) is 0 Å². The Morgan fingerprint density at radius 1 is 1.14 bits per heavy atom. The summed E-state index contributed by atoms with van der Waals surface area (Å²) in [5.74, 6) is -4.36. The molecule has 5 atom stereocenters. The molecule has 2 aliphatic rings. The third kappa shape index (κ3) is 1.92. The number of aromatic hydroxyl groups is 3. The quantitative estimate of drug-likeness (QED) is 0.290. The van der Waals surface area contributed by atoms with Gasteiger partial charge in [-0.3, -0.25) is 0 Å². The van der Waals surface area contributed by atoms with Crippen LogP contribution in [0, 0.1) is 5.92 Å². The van der Waals surface area contributed by atoms with Crippen molar-refractivity contribution in [3.05, 3.63) is 17.2 Å². The van der Waals surface area contributed by atoms with Crippen molar-refractivity contribution in [3.8, 4) is 17.2 Å². The molecule has 1 aromatic rings. The van der Waals surface area contributed by atoms with Gasteiger partial charge in [-0.25, -0.2) is 4.79 Å². The molecule has 3 rings (SSSR count). The van der Waals surface area contributed by atoms with E-state index in [2.05, 4.69) is 0 Å². The lowest BCUT2D eigenvalue weighted by Crippen LogP contribution is -2.54. The van der Waals surface area contributed by atoms with Crippen LogP contribution in [-0.2, 0) is 4.74 Å². The molecule has 1 fully saturated rings. The molecule has 1 aliphatic carbocycles. The summed E-state index contributed by atoms with van der Waals surface area (Å²) in [5, 5.41) is 58.6. The lowest BCUT2D eigenvalue weighted by atomic mass is 9.70. The zero-order valence-electron chi connectivity index (χ0n) is 11.4. The Morgan fingerprint density at radius 3 is 2.45 bits per heavy atom. The SMILES string of the molecule is O=C1O[C@H]2[C@H](O)[C@@H](O)[C@H](CO)C[C@@H]2c2c1cc(O)c(O)c2O. The number of carbonyl (C=O) groups is 1. The maximum atomic E-state index is 12.0. The van der Waals surface area contributed by atoms with Crippen LogP contribution in [0.15, 0.2) is 6.07 Å². The van der Waals surface area contributed by atoms with Crippen LogP contribution in [0.4, 0.5) is 0 Å². The number of aliphatic hydroxyl groups excluding tert-OH is 3. The van der Waals surface area contributed by atoms with Crippen molar-refractivity contribution in [2.45, 2.75) is 30.7 Å². The Kier molecular flexibility index (Phi) is 3.39. The molecule has 120 valence electrons. The van der Waals surface area contributed by atoms with E-state index in [1.54, 1.807) is 0 Å². The van der Waals surface area contributed by atoms with Gasteiger partial charge in [0.1, 0.15) is 12.2 Å². The first kappa shape index (κ1) is 14.9. The summed E-state index contributed by atoms with van der Waals surface area (Å²) in [6.07, 6.45) is -3.67. The van der Waals surface area contributed by atoms with Gasteiger partial charge in [0.2, 0.25) is 5.75 Å². The topological polar surface area (TPSA) is 148 Å². The monoisotopic (exact) mass is 312 g/mol. The Morgan fingerprint density at radius 2 is 1.82 bits per heavy atom. The summed E-state index contributed by atoms with van der Waals surface area (Å²) in [6, 6.07) is 0.980. The van der Waals surface area contributed by atoms with E-state index in [-0.39, 0.29) is 17.5 Å². The normalized spacial score (nSPS) is 33.8. The summed E-state index contributed by atoms with van der Waals surface area (Å²) in [6.45, 7) is -0.393. The first-order valence-corrected chi connectivity index (χ1v) is 6.82. The van der Waals surface area contributed by atoms with Crippen molar-refractivity contribution in [1.82, 2.24) is 0 Å². The summed E-state index contributed by atoms with van der Waals surface area (Å²) in [4.78, 5) is 12.0. The van der Waals surface area contributed by atoms with Gasteiger partial charge >= 0.3 is 5.97 Å². The predicted molar refractivity (Wildman–Crippen MR) is 70.6 cm³/mol. The number of benzene rings is 1. The fraction of sp³-hybridized carbons (Fsp3) is 0.500. The van der Waals surface area contributed by atoms with E-state index in [4.69, 9.17) is 4.74 Å². The third-order valence-electron chi connectivity index (χ3n) is 4.48. The van der Waals surface area contributed by atoms with Gasteiger partial charge in [0.15, 0.2) is 11.5 Å². The molecular formula is C14H16O8. The highest BCUT2D eigenvalue weighted by Crippen LogP contribution is 2.50. The van der Waals surface area contributed by atoms with Gasteiger partial charge in [0, 0.05) is 24.0 Å². The minimum atomic E-state index is -1.43. The second-order valence-corrected chi connectivity index (χ2v) is 5.69. The molecule has 1 saturated carbocycles. The molecule has 0 amide bonds. The molecule has 0 bridgehead atoms. The molecule has 0 spiro atoms. The van der Waals surface area contributed by atoms with Crippen LogP contribution in [0.1, 0.15) is 28.3 Å². The van der Waals surface area contributed by atoms with Crippen LogP contribution in [0.5, 0.6) is 17.2 Å². The first-order chi connectivity index (χ1) is 10.4. The number of rotatable bonds is 1. The zero-order chi connectivity index (χ0) is 16.2. The van der Waals surface area contributed by atoms with Crippen LogP contribution in [0.3, 0.4) is 0 Å². The van der Waals surface area contributed by atoms with Crippen LogP contribution >= 0.6 is 0 Å². The van der Waals surface area contributed by atoms with E-state index in [0.717, 1.165) is 6.07 Å². The Hall–Kier alpha value is -2.03. The Balaban J connectivity index is 2.15. The Labute approximate surface area is 124 Å². The minimum absolute atomic E-state index is 0.0425. The molecule has 8 nitrogen and oxygen atoms in total. The molecule has 0 saturated heterocycles. The molecule has 1 heterocycles. The molecule has 1 aliphatic heterocycles. The maximum absolute atomic E-state index is 12.0. The fourth-order valence-corrected chi connectivity index (χ4v) is 3.32. The molecule has 8 heteroatoms. The zero-order valence-corrected chi connectivity index (χ0v) is 11.4. The average molecular weight is 312 g/mol. The average Bonchev–Trinajstić information content (AvgIpc) is 2.49. The highest BCUT2D eigenvalue weighted by atomic mass is 16.6. The second kappa shape index (κ2) is 5.01. The van der Waals surface area contributed by atoms with Gasteiger partial charge in [0.25, 0.3) is 0 Å². The maximum Gasteiger partial charge on any atom is 0.339 e. The van der Waals surface area contributed by atoms with Crippen molar-refractivity contribution in [3.63, 3.8) is 0 Å². The van der Waals surface area contributed by atoms with Crippen molar-refractivity contribution in [1.29, 1.82) is 0 Å². The van der Waals surface area contributed by atoms with Crippen molar-refractivity contribution in [2.24, 2.45) is 5.92 Å². The highest BCUT2D eigenvalue weighted by molar-refractivity contribution is 5.95. The number of phenols is 3. The van der Waals surface area contributed by atoms with Gasteiger partial charge < -0.3 is 35.4 Å². The van der Waals surface area contributed by atoms with Crippen molar-refractivity contribution < 1.29 is 40.2 Å². The van der Waals surface area contributed by atoms with Gasteiger partial charge in [0.05, 0.1) is 11.7 Å². The number of hydrogen-bond acceptors (Lipinski definition) is 8. The van der Waals surface area contributed by atoms with Crippen LogP contribution < -0.4 is 0 Å². The molecular weight excluding hydrogens is 296 g/mol. The predicted octanol–water partition coefficient (Wildman–Crippen LogP) is -0.840. The number of phenolic OH excluding ortho intramolecular Hbond substituents is 3. The van der Waals surface area contributed by atoms with E-state index in [1.807, 2.05) is 0 Å². The fourth-order valence-electron chi connectivity index (χ4n) is 3.32. The largest absolute Gasteiger partial charge is 0.504 e. The van der Waals surface area contributed by atoms with Gasteiger partial charge in [-0.05, 0) is 12.5 Å². The minimum Gasteiger partial charge on any atom is -0.504 e. The summed E-state index contributed by atoms with van der Waals surface area (Å²) in [5.41, 5.74) is -0.0738. The van der Waals surface area contributed by atoms with E-state index >= 15 is 0 Å². The molecule has 0 unspecified atom stereocenters. The number of carbonyl (C=O) groups excluding carboxylic acids is 1. The highest BCUT2D eigenvalue weighted by Gasteiger charge is 2.50. The van der Waals surface area contributed by atoms with Gasteiger partial charge in [-0.1, -0.05) is 0 Å². The number of ether oxygens (including phenoxy) is 1. The standard InChI is InChI=1S/C14H16O8/c15-3-4-1-5-8-6(2-7(16)10(18)11(8)19)14(21)22-13(5)12(20)9(4)17/h2,4-5,9,12-13,15-20H,1,3H2/t4-,5+,9-,12+,13+/m0/s1. The summed E-state index contributed by atoms with van der Waals surface area (Å²) >= 11 is 0. The van der Waals surface area contributed by atoms with E-state index in [1.165, 1.54) is 0 Å². The van der Waals surface area contributed by atoms with Crippen molar-refractivity contribution >= 4 is 5.97 Å². The molecule has 6 N–H and O–H groups in total. The van der Waals surface area contributed by atoms with Gasteiger partial charge in [-0.15, -0.1) is 0 Å². The lowest BCUT2D eigenvalue weighted by Gasteiger charge is -2.44. The number of esters is 1. The molecule has 22 heavy (non-hydrogen) atoms. The lowest BCUT2D eigenvalue weighted by molar-refractivity contribution is -0.134.